The van der Waals surface area contributed by atoms with Crippen LogP contribution in [0.4, 0.5) is 10.1 Å². The van der Waals surface area contributed by atoms with E-state index in [0.29, 0.717) is 24.2 Å². The van der Waals surface area contributed by atoms with Gasteiger partial charge in [-0.1, -0.05) is 18.2 Å². The zero-order valence-corrected chi connectivity index (χ0v) is 14.7. The first-order chi connectivity index (χ1) is 12.5. The molecule has 134 valence electrons. The first-order valence-corrected chi connectivity index (χ1v) is 8.62. The fourth-order valence-electron chi connectivity index (χ4n) is 2.97. The Hall–Kier alpha value is -2.95. The molecular formula is C21H21FN2O2. The van der Waals surface area contributed by atoms with Gasteiger partial charge in [-0.15, -0.1) is 0 Å². The molecule has 4 nitrogen and oxygen atoms in total. The third-order valence-corrected chi connectivity index (χ3v) is 4.54. The van der Waals surface area contributed by atoms with Gasteiger partial charge in [0.2, 0.25) is 5.91 Å². The van der Waals surface area contributed by atoms with E-state index in [-0.39, 0.29) is 17.5 Å². The van der Waals surface area contributed by atoms with Gasteiger partial charge < -0.3 is 9.80 Å². The van der Waals surface area contributed by atoms with Crippen molar-refractivity contribution in [2.45, 2.75) is 6.92 Å². The highest BCUT2D eigenvalue weighted by atomic mass is 19.1. The van der Waals surface area contributed by atoms with Gasteiger partial charge in [-0.25, -0.2) is 4.39 Å². The number of amides is 1. The van der Waals surface area contributed by atoms with Crippen LogP contribution >= 0.6 is 0 Å². The molecule has 0 spiro atoms. The van der Waals surface area contributed by atoms with Crippen LogP contribution in [0.15, 0.2) is 54.6 Å². The van der Waals surface area contributed by atoms with Crippen molar-refractivity contribution in [2.24, 2.45) is 0 Å². The molecular weight excluding hydrogens is 331 g/mol. The number of halogens is 1. The van der Waals surface area contributed by atoms with Crippen molar-refractivity contribution in [1.29, 1.82) is 0 Å². The third kappa shape index (κ3) is 4.17. The molecule has 0 unspecified atom stereocenters. The molecule has 0 aromatic heterocycles. The van der Waals surface area contributed by atoms with Crippen molar-refractivity contribution >= 4 is 23.5 Å². The fourth-order valence-corrected chi connectivity index (χ4v) is 2.97. The predicted octanol–water partition coefficient (Wildman–Crippen LogP) is 3.39. The summed E-state index contributed by atoms with van der Waals surface area (Å²) in [4.78, 5) is 27.6. The van der Waals surface area contributed by atoms with Gasteiger partial charge in [0.25, 0.3) is 0 Å². The summed E-state index contributed by atoms with van der Waals surface area (Å²) in [5.74, 6) is -0.399. The molecule has 1 fully saturated rings. The Morgan fingerprint density at radius 3 is 2.23 bits per heavy atom. The molecule has 26 heavy (non-hydrogen) atoms. The van der Waals surface area contributed by atoms with Gasteiger partial charge in [0.05, 0.1) is 0 Å². The molecule has 0 aliphatic carbocycles. The smallest absolute Gasteiger partial charge is 0.246 e. The number of nitrogens with zero attached hydrogens (tertiary/aromatic N) is 2. The highest BCUT2D eigenvalue weighted by molar-refractivity contribution is 5.94. The van der Waals surface area contributed by atoms with Crippen molar-refractivity contribution in [3.63, 3.8) is 0 Å². The van der Waals surface area contributed by atoms with E-state index in [1.165, 1.54) is 18.2 Å². The minimum absolute atomic E-state index is 0.0496. The van der Waals surface area contributed by atoms with Crippen LogP contribution in [0.25, 0.3) is 6.08 Å². The minimum atomic E-state index is -0.338. The summed E-state index contributed by atoms with van der Waals surface area (Å²) in [5, 5.41) is 0. The van der Waals surface area contributed by atoms with Crippen LogP contribution in [0.1, 0.15) is 22.8 Å². The van der Waals surface area contributed by atoms with E-state index in [4.69, 9.17) is 0 Å². The monoisotopic (exact) mass is 352 g/mol. The maximum absolute atomic E-state index is 13.6. The van der Waals surface area contributed by atoms with Gasteiger partial charge in [-0.2, -0.15) is 0 Å². The van der Waals surface area contributed by atoms with Crippen LogP contribution < -0.4 is 4.90 Å². The van der Waals surface area contributed by atoms with Crippen molar-refractivity contribution in [3.05, 3.63) is 71.6 Å². The van der Waals surface area contributed by atoms with Crippen LogP contribution in [-0.2, 0) is 4.79 Å². The number of piperazine rings is 1. The van der Waals surface area contributed by atoms with Gasteiger partial charge in [-0.3, -0.25) is 9.59 Å². The lowest BCUT2D eigenvalue weighted by Gasteiger charge is -2.35. The average molecular weight is 352 g/mol. The largest absolute Gasteiger partial charge is 0.368 e. The molecule has 2 aromatic carbocycles. The number of anilines is 1. The minimum Gasteiger partial charge on any atom is -0.368 e. The van der Waals surface area contributed by atoms with E-state index >= 15 is 0 Å². The molecule has 2 aromatic rings. The predicted molar refractivity (Wildman–Crippen MR) is 101 cm³/mol. The van der Waals surface area contributed by atoms with Crippen LogP contribution in [0, 0.1) is 5.82 Å². The second-order valence-electron chi connectivity index (χ2n) is 6.27. The molecule has 1 aliphatic rings. The van der Waals surface area contributed by atoms with E-state index in [1.54, 1.807) is 30.0 Å². The fraction of sp³-hybridized carbons (Fsp3) is 0.238. The Bertz CT molecular complexity index is 822. The lowest BCUT2D eigenvalue weighted by molar-refractivity contribution is -0.126. The van der Waals surface area contributed by atoms with Crippen molar-refractivity contribution in [3.8, 4) is 0 Å². The zero-order chi connectivity index (χ0) is 18.5. The summed E-state index contributed by atoms with van der Waals surface area (Å²) < 4.78 is 13.6. The number of carbonyl (C=O) groups excluding carboxylic acids is 2. The Kier molecular flexibility index (Phi) is 5.46. The van der Waals surface area contributed by atoms with Crippen molar-refractivity contribution in [1.82, 2.24) is 4.90 Å². The SMILES string of the molecule is CC(=O)c1ccc(N2CCN(C(=O)/C=C/c3ccccc3F)CC2)cc1. The van der Waals surface area contributed by atoms with Crippen LogP contribution in [0.2, 0.25) is 0 Å². The van der Waals surface area contributed by atoms with Gasteiger partial charge in [0, 0.05) is 49.1 Å². The Labute approximate surface area is 152 Å². The summed E-state index contributed by atoms with van der Waals surface area (Å²) in [6.07, 6.45) is 2.94. The Morgan fingerprint density at radius 2 is 1.62 bits per heavy atom. The van der Waals surface area contributed by atoms with Crippen LogP contribution in [0.5, 0.6) is 0 Å². The number of carbonyl (C=O) groups is 2. The van der Waals surface area contributed by atoms with E-state index in [0.717, 1.165) is 18.8 Å². The highest BCUT2D eigenvalue weighted by Gasteiger charge is 2.20. The molecule has 0 N–H and O–H groups in total. The molecule has 0 radical (unpaired) electrons. The topological polar surface area (TPSA) is 40.6 Å². The lowest BCUT2D eigenvalue weighted by atomic mass is 10.1. The third-order valence-electron chi connectivity index (χ3n) is 4.54. The highest BCUT2D eigenvalue weighted by Crippen LogP contribution is 2.18. The summed E-state index contributed by atoms with van der Waals surface area (Å²) in [7, 11) is 0. The van der Waals surface area contributed by atoms with Gasteiger partial charge in [0.1, 0.15) is 5.82 Å². The van der Waals surface area contributed by atoms with Crippen molar-refractivity contribution < 1.29 is 14.0 Å². The Morgan fingerprint density at radius 1 is 0.962 bits per heavy atom. The maximum atomic E-state index is 13.6. The van der Waals surface area contributed by atoms with E-state index in [9.17, 15) is 14.0 Å². The van der Waals surface area contributed by atoms with E-state index < -0.39 is 0 Å². The molecule has 1 heterocycles. The Balaban J connectivity index is 1.57. The first-order valence-electron chi connectivity index (χ1n) is 8.62. The molecule has 1 saturated heterocycles. The number of hydrogen-bond donors (Lipinski definition) is 0. The zero-order valence-electron chi connectivity index (χ0n) is 14.7. The lowest BCUT2D eigenvalue weighted by Crippen LogP contribution is -2.48. The molecule has 0 bridgehead atoms. The van der Waals surface area contributed by atoms with E-state index in [2.05, 4.69) is 4.90 Å². The number of benzene rings is 2. The molecule has 3 rings (SSSR count). The number of Topliss-reactive ketones (excluding diaryl/α,β-unsaturated/α-hetero) is 1. The van der Waals surface area contributed by atoms with Gasteiger partial charge in [0.15, 0.2) is 5.78 Å². The number of rotatable bonds is 4. The average Bonchev–Trinajstić information content (AvgIpc) is 2.67. The molecule has 0 saturated carbocycles. The molecule has 1 amide bonds. The van der Waals surface area contributed by atoms with Gasteiger partial charge in [-0.05, 0) is 43.3 Å². The maximum Gasteiger partial charge on any atom is 0.246 e. The molecule has 1 aliphatic heterocycles. The summed E-state index contributed by atoms with van der Waals surface area (Å²) in [6.45, 7) is 4.20. The number of hydrogen-bond acceptors (Lipinski definition) is 3. The summed E-state index contributed by atoms with van der Waals surface area (Å²) in [5.41, 5.74) is 2.15. The quantitative estimate of drug-likeness (QED) is 0.626. The molecule has 5 heteroatoms. The normalized spacial score (nSPS) is 14.7. The second kappa shape index (κ2) is 7.95. The second-order valence-corrected chi connectivity index (χ2v) is 6.27. The summed E-state index contributed by atoms with van der Waals surface area (Å²) >= 11 is 0. The molecule has 0 atom stereocenters. The standard InChI is InChI=1S/C21H21FN2O2/c1-16(25)17-6-9-19(10-7-17)23-12-14-24(15-13-23)21(26)11-8-18-4-2-3-5-20(18)22/h2-11H,12-15H2,1H3/b11-8+. The van der Waals surface area contributed by atoms with Crippen LogP contribution in [0.3, 0.4) is 0 Å². The summed E-state index contributed by atoms with van der Waals surface area (Å²) in [6, 6.07) is 13.9. The van der Waals surface area contributed by atoms with Gasteiger partial charge >= 0.3 is 0 Å². The first kappa shape index (κ1) is 17.9. The number of ketones is 1. The van der Waals surface area contributed by atoms with E-state index in [1.807, 2.05) is 24.3 Å². The van der Waals surface area contributed by atoms with Crippen molar-refractivity contribution in [2.75, 3.05) is 31.1 Å². The van der Waals surface area contributed by atoms with Crippen LogP contribution in [-0.4, -0.2) is 42.8 Å².